The summed E-state index contributed by atoms with van der Waals surface area (Å²) in [5, 5.41) is 2.99. The van der Waals surface area contributed by atoms with E-state index >= 15 is 0 Å². The fraction of sp³-hybridized carbons (Fsp3) is 0.350. The van der Waals surface area contributed by atoms with E-state index in [1.165, 1.54) is 19.2 Å². The number of nitrogens with zero attached hydrogens (tertiary/aromatic N) is 1. The zero-order valence-electron chi connectivity index (χ0n) is 16.8. The third kappa shape index (κ3) is 6.83. The van der Waals surface area contributed by atoms with Crippen LogP contribution in [0.2, 0.25) is 5.02 Å². The van der Waals surface area contributed by atoms with Crippen LogP contribution in [-0.4, -0.2) is 46.9 Å². The smallest absolute Gasteiger partial charge is 0.241 e. The van der Waals surface area contributed by atoms with Gasteiger partial charge in [0, 0.05) is 0 Å². The molecule has 0 aliphatic rings. The quantitative estimate of drug-likeness (QED) is 0.647. The number of hydrogen-bond donors (Lipinski definition) is 1. The third-order valence-corrected chi connectivity index (χ3v) is 5.48. The molecule has 0 heterocycles. The molecule has 0 aliphatic carbocycles. The summed E-state index contributed by atoms with van der Waals surface area (Å²) in [5.41, 5.74) is 1.40. The van der Waals surface area contributed by atoms with Gasteiger partial charge in [0.15, 0.2) is 0 Å². The van der Waals surface area contributed by atoms with Gasteiger partial charge >= 0.3 is 0 Å². The SMILES string of the molecule is COc1ccc(N(CC(=O)N[C@@H](C)COc2ccc(C)cc2)S(C)(=O)=O)cc1Cl. The molecule has 0 fully saturated rings. The summed E-state index contributed by atoms with van der Waals surface area (Å²) >= 11 is 6.09. The van der Waals surface area contributed by atoms with Gasteiger partial charge in [0.05, 0.1) is 30.1 Å². The average molecular weight is 441 g/mol. The van der Waals surface area contributed by atoms with Crippen molar-refractivity contribution in [3.8, 4) is 11.5 Å². The van der Waals surface area contributed by atoms with Gasteiger partial charge in [-0.1, -0.05) is 29.3 Å². The Morgan fingerprint density at radius 3 is 2.41 bits per heavy atom. The van der Waals surface area contributed by atoms with Crippen LogP contribution in [0.3, 0.4) is 0 Å². The Kier molecular flexibility index (Phi) is 7.75. The number of carbonyl (C=O) groups is 1. The van der Waals surface area contributed by atoms with Crippen molar-refractivity contribution in [2.24, 2.45) is 0 Å². The molecule has 1 N–H and O–H groups in total. The Morgan fingerprint density at radius 1 is 1.21 bits per heavy atom. The van der Waals surface area contributed by atoms with E-state index in [0.717, 1.165) is 16.1 Å². The Morgan fingerprint density at radius 2 is 1.86 bits per heavy atom. The predicted octanol–water partition coefficient (Wildman–Crippen LogP) is 3.01. The molecular weight excluding hydrogens is 416 g/mol. The fourth-order valence-corrected chi connectivity index (χ4v) is 3.66. The first-order valence-electron chi connectivity index (χ1n) is 8.90. The van der Waals surface area contributed by atoms with Crippen molar-refractivity contribution in [2.45, 2.75) is 19.9 Å². The van der Waals surface area contributed by atoms with Crippen molar-refractivity contribution in [3.63, 3.8) is 0 Å². The van der Waals surface area contributed by atoms with Gasteiger partial charge in [0.25, 0.3) is 0 Å². The van der Waals surface area contributed by atoms with E-state index in [1.54, 1.807) is 13.0 Å². The molecule has 0 aliphatic heterocycles. The number of hydrogen-bond acceptors (Lipinski definition) is 5. The normalized spacial score (nSPS) is 12.2. The number of amides is 1. The summed E-state index contributed by atoms with van der Waals surface area (Å²) in [6.07, 6.45) is 1.03. The van der Waals surface area contributed by atoms with Crippen LogP contribution in [0.25, 0.3) is 0 Å². The molecule has 0 spiro atoms. The number of nitrogens with one attached hydrogen (secondary N) is 1. The summed E-state index contributed by atoms with van der Waals surface area (Å²) < 4.78 is 36.1. The van der Waals surface area contributed by atoms with E-state index in [9.17, 15) is 13.2 Å². The molecule has 9 heteroatoms. The van der Waals surface area contributed by atoms with Crippen LogP contribution >= 0.6 is 11.6 Å². The molecule has 2 rings (SSSR count). The molecule has 29 heavy (non-hydrogen) atoms. The second-order valence-electron chi connectivity index (χ2n) is 6.68. The number of benzene rings is 2. The van der Waals surface area contributed by atoms with Gasteiger partial charge in [-0.25, -0.2) is 8.42 Å². The van der Waals surface area contributed by atoms with E-state index in [4.69, 9.17) is 21.1 Å². The number of sulfonamides is 1. The summed E-state index contributed by atoms with van der Waals surface area (Å²) in [6.45, 7) is 3.63. The molecule has 0 unspecified atom stereocenters. The van der Waals surface area contributed by atoms with Gasteiger partial charge in [-0.15, -0.1) is 0 Å². The maximum atomic E-state index is 12.4. The highest BCUT2D eigenvalue weighted by atomic mass is 35.5. The topological polar surface area (TPSA) is 84.9 Å². The fourth-order valence-electron chi connectivity index (χ4n) is 2.56. The van der Waals surface area contributed by atoms with E-state index in [0.29, 0.717) is 11.5 Å². The minimum Gasteiger partial charge on any atom is -0.495 e. The van der Waals surface area contributed by atoms with Gasteiger partial charge < -0.3 is 14.8 Å². The van der Waals surface area contributed by atoms with E-state index < -0.39 is 15.9 Å². The first kappa shape index (κ1) is 22.8. The Labute approximate surface area is 176 Å². The lowest BCUT2D eigenvalue weighted by atomic mass is 10.2. The molecule has 0 bridgehead atoms. The molecule has 0 radical (unpaired) electrons. The molecule has 158 valence electrons. The number of halogens is 1. The summed E-state index contributed by atoms with van der Waals surface area (Å²) in [6, 6.07) is 11.8. The highest BCUT2D eigenvalue weighted by Gasteiger charge is 2.22. The maximum Gasteiger partial charge on any atom is 0.241 e. The predicted molar refractivity (Wildman–Crippen MR) is 114 cm³/mol. The van der Waals surface area contributed by atoms with Crippen LogP contribution in [0.15, 0.2) is 42.5 Å². The van der Waals surface area contributed by atoms with Crippen LogP contribution in [0, 0.1) is 6.92 Å². The van der Waals surface area contributed by atoms with E-state index in [-0.39, 0.29) is 29.9 Å². The molecule has 0 saturated heterocycles. The van der Waals surface area contributed by atoms with Crippen LogP contribution in [0.1, 0.15) is 12.5 Å². The van der Waals surface area contributed by atoms with Crippen molar-refractivity contribution in [3.05, 3.63) is 53.1 Å². The van der Waals surface area contributed by atoms with Crippen LogP contribution in [0.4, 0.5) is 5.69 Å². The van der Waals surface area contributed by atoms with Crippen LogP contribution < -0.4 is 19.1 Å². The zero-order valence-corrected chi connectivity index (χ0v) is 18.4. The van der Waals surface area contributed by atoms with Gasteiger partial charge in [0.1, 0.15) is 24.7 Å². The standard InChI is InChI=1S/C20H25ClN2O5S/c1-14-5-8-17(9-6-14)28-13-15(2)22-20(24)12-23(29(4,25)26)16-7-10-19(27-3)18(21)11-16/h5-11,15H,12-13H2,1-4H3,(H,22,24)/t15-/m0/s1. The summed E-state index contributed by atoms with van der Waals surface area (Å²) in [4.78, 5) is 12.4. The van der Waals surface area contributed by atoms with Gasteiger partial charge in [-0.05, 0) is 44.2 Å². The number of carbonyl (C=O) groups excluding carboxylic acids is 1. The first-order valence-corrected chi connectivity index (χ1v) is 11.1. The Hall–Kier alpha value is -2.45. The second-order valence-corrected chi connectivity index (χ2v) is 9.00. The number of aryl methyl sites for hydroxylation is 1. The van der Waals surface area contributed by atoms with Crippen LogP contribution in [0.5, 0.6) is 11.5 Å². The molecule has 1 atom stereocenters. The highest BCUT2D eigenvalue weighted by molar-refractivity contribution is 7.92. The van der Waals surface area contributed by atoms with Crippen LogP contribution in [-0.2, 0) is 14.8 Å². The lowest BCUT2D eigenvalue weighted by molar-refractivity contribution is -0.120. The lowest BCUT2D eigenvalue weighted by Crippen LogP contribution is -2.44. The number of anilines is 1. The summed E-state index contributed by atoms with van der Waals surface area (Å²) in [5.74, 6) is 0.653. The van der Waals surface area contributed by atoms with E-state index in [1.807, 2.05) is 31.2 Å². The molecule has 0 saturated carbocycles. The lowest BCUT2D eigenvalue weighted by Gasteiger charge is -2.23. The molecule has 0 aromatic heterocycles. The van der Waals surface area contributed by atoms with Crippen molar-refractivity contribution >= 4 is 33.2 Å². The number of methoxy groups -OCH3 is 1. The maximum absolute atomic E-state index is 12.4. The average Bonchev–Trinajstić information content (AvgIpc) is 2.64. The number of rotatable bonds is 9. The monoisotopic (exact) mass is 440 g/mol. The van der Waals surface area contributed by atoms with Gasteiger partial charge in [-0.3, -0.25) is 9.10 Å². The molecule has 2 aromatic rings. The van der Waals surface area contributed by atoms with E-state index in [2.05, 4.69) is 5.32 Å². The Balaban J connectivity index is 2.00. The largest absolute Gasteiger partial charge is 0.495 e. The Bertz CT molecular complexity index is 948. The molecule has 7 nitrogen and oxygen atoms in total. The first-order chi connectivity index (χ1) is 13.6. The third-order valence-electron chi connectivity index (χ3n) is 4.04. The second kappa shape index (κ2) is 9.84. The molecule has 1 amide bonds. The van der Waals surface area contributed by atoms with Gasteiger partial charge in [-0.2, -0.15) is 0 Å². The molecular formula is C20H25ClN2O5S. The minimum atomic E-state index is -3.70. The zero-order chi connectivity index (χ0) is 21.6. The summed E-state index contributed by atoms with van der Waals surface area (Å²) in [7, 11) is -2.24. The minimum absolute atomic E-state index is 0.249. The van der Waals surface area contributed by atoms with Crippen molar-refractivity contribution in [2.75, 3.05) is 30.8 Å². The van der Waals surface area contributed by atoms with Crippen molar-refractivity contribution in [1.82, 2.24) is 5.32 Å². The van der Waals surface area contributed by atoms with Crippen molar-refractivity contribution < 1.29 is 22.7 Å². The highest BCUT2D eigenvalue weighted by Crippen LogP contribution is 2.30. The molecule has 2 aromatic carbocycles. The van der Waals surface area contributed by atoms with Gasteiger partial charge in [0.2, 0.25) is 15.9 Å². The number of ether oxygens (including phenoxy) is 2. The van der Waals surface area contributed by atoms with Crippen molar-refractivity contribution in [1.29, 1.82) is 0 Å².